The molecule has 2 bridgehead atoms. The van der Waals surface area contributed by atoms with E-state index in [2.05, 4.69) is 18.7 Å². The zero-order valence-corrected chi connectivity index (χ0v) is 11.5. The SMILES string of the molecule is CC1CCC(C)C(N2C3CCC2C(C(=O)O)C3)C1. The topological polar surface area (TPSA) is 40.5 Å². The fourth-order valence-corrected chi connectivity index (χ4v) is 4.73. The maximum atomic E-state index is 11.3. The van der Waals surface area contributed by atoms with Gasteiger partial charge in [-0.05, 0) is 43.9 Å². The van der Waals surface area contributed by atoms with Gasteiger partial charge in [0.15, 0.2) is 0 Å². The van der Waals surface area contributed by atoms with E-state index in [0.717, 1.165) is 24.7 Å². The van der Waals surface area contributed by atoms with Gasteiger partial charge in [0.2, 0.25) is 0 Å². The Bertz CT molecular complexity index is 343. The molecule has 18 heavy (non-hydrogen) atoms. The molecular weight excluding hydrogens is 226 g/mol. The number of aliphatic carboxylic acids is 1. The first-order chi connectivity index (χ1) is 8.58. The fraction of sp³-hybridized carbons (Fsp3) is 0.933. The molecule has 3 fully saturated rings. The molecule has 1 aliphatic carbocycles. The lowest BCUT2D eigenvalue weighted by atomic mass is 9.79. The van der Waals surface area contributed by atoms with Gasteiger partial charge in [-0.15, -0.1) is 0 Å². The van der Waals surface area contributed by atoms with E-state index in [1.165, 1.54) is 25.7 Å². The zero-order chi connectivity index (χ0) is 12.9. The third-order valence-corrected chi connectivity index (χ3v) is 5.71. The maximum Gasteiger partial charge on any atom is 0.308 e. The third kappa shape index (κ3) is 1.87. The molecule has 102 valence electrons. The van der Waals surface area contributed by atoms with Crippen molar-refractivity contribution in [3.63, 3.8) is 0 Å². The van der Waals surface area contributed by atoms with E-state index >= 15 is 0 Å². The summed E-state index contributed by atoms with van der Waals surface area (Å²) < 4.78 is 0. The Morgan fingerprint density at radius 3 is 2.50 bits per heavy atom. The molecule has 1 saturated carbocycles. The lowest BCUT2D eigenvalue weighted by Gasteiger charge is -2.41. The second-order valence-corrected chi connectivity index (χ2v) is 6.89. The number of carboxylic acid groups (broad SMARTS) is 1. The first-order valence-electron chi connectivity index (χ1n) is 7.58. The van der Waals surface area contributed by atoms with E-state index in [1.54, 1.807) is 0 Å². The normalized spacial score (nSPS) is 48.6. The third-order valence-electron chi connectivity index (χ3n) is 5.71. The summed E-state index contributed by atoms with van der Waals surface area (Å²) in [6.07, 6.45) is 7.19. The van der Waals surface area contributed by atoms with E-state index in [-0.39, 0.29) is 5.92 Å². The van der Waals surface area contributed by atoms with Crippen LogP contribution in [0, 0.1) is 17.8 Å². The molecule has 6 atom stereocenters. The molecule has 0 spiro atoms. The van der Waals surface area contributed by atoms with Crippen molar-refractivity contribution in [2.45, 2.75) is 70.5 Å². The molecule has 1 N–H and O–H groups in total. The first-order valence-corrected chi connectivity index (χ1v) is 7.58. The quantitative estimate of drug-likeness (QED) is 0.820. The van der Waals surface area contributed by atoms with Crippen LogP contribution in [0.2, 0.25) is 0 Å². The van der Waals surface area contributed by atoms with Crippen LogP contribution < -0.4 is 0 Å². The van der Waals surface area contributed by atoms with Crippen molar-refractivity contribution >= 4 is 5.97 Å². The highest BCUT2D eigenvalue weighted by atomic mass is 16.4. The fourth-order valence-electron chi connectivity index (χ4n) is 4.73. The van der Waals surface area contributed by atoms with Crippen LogP contribution in [0.25, 0.3) is 0 Å². The highest BCUT2D eigenvalue weighted by molar-refractivity contribution is 5.71. The Hall–Kier alpha value is -0.570. The van der Waals surface area contributed by atoms with Crippen molar-refractivity contribution < 1.29 is 9.90 Å². The summed E-state index contributed by atoms with van der Waals surface area (Å²) >= 11 is 0. The largest absolute Gasteiger partial charge is 0.481 e. The highest BCUT2D eigenvalue weighted by Crippen LogP contribution is 2.47. The van der Waals surface area contributed by atoms with Crippen LogP contribution in [0.15, 0.2) is 0 Å². The Labute approximate surface area is 110 Å². The number of carbonyl (C=O) groups is 1. The van der Waals surface area contributed by atoms with Crippen LogP contribution in [0.1, 0.15) is 52.4 Å². The molecule has 0 aromatic heterocycles. The smallest absolute Gasteiger partial charge is 0.308 e. The van der Waals surface area contributed by atoms with E-state index in [4.69, 9.17) is 0 Å². The lowest BCUT2D eigenvalue weighted by Crippen LogP contribution is -2.47. The Morgan fingerprint density at radius 1 is 1.06 bits per heavy atom. The van der Waals surface area contributed by atoms with Crippen LogP contribution in [0.3, 0.4) is 0 Å². The van der Waals surface area contributed by atoms with Crippen molar-refractivity contribution in [3.05, 3.63) is 0 Å². The number of rotatable bonds is 2. The van der Waals surface area contributed by atoms with Gasteiger partial charge in [-0.3, -0.25) is 9.69 Å². The highest BCUT2D eigenvalue weighted by Gasteiger charge is 2.52. The number of nitrogens with zero attached hydrogens (tertiary/aromatic N) is 1. The number of hydrogen-bond acceptors (Lipinski definition) is 2. The van der Waals surface area contributed by atoms with E-state index < -0.39 is 5.97 Å². The van der Waals surface area contributed by atoms with Gasteiger partial charge in [0.05, 0.1) is 5.92 Å². The summed E-state index contributed by atoms with van der Waals surface area (Å²) in [5.41, 5.74) is 0. The van der Waals surface area contributed by atoms with Gasteiger partial charge in [-0.25, -0.2) is 0 Å². The molecular formula is C15H25NO2. The minimum atomic E-state index is -0.566. The summed E-state index contributed by atoms with van der Waals surface area (Å²) in [5.74, 6) is 0.906. The van der Waals surface area contributed by atoms with Gasteiger partial charge in [0.25, 0.3) is 0 Å². The van der Waals surface area contributed by atoms with Crippen LogP contribution in [-0.4, -0.2) is 34.1 Å². The molecule has 3 heteroatoms. The minimum Gasteiger partial charge on any atom is -0.481 e. The monoisotopic (exact) mass is 251 g/mol. The second-order valence-electron chi connectivity index (χ2n) is 6.89. The van der Waals surface area contributed by atoms with E-state index in [0.29, 0.717) is 18.1 Å². The van der Waals surface area contributed by atoms with Crippen LogP contribution in [0.5, 0.6) is 0 Å². The van der Waals surface area contributed by atoms with Crippen molar-refractivity contribution in [2.75, 3.05) is 0 Å². The molecule has 3 rings (SSSR count). The molecule has 6 unspecified atom stereocenters. The number of carboxylic acids is 1. The number of hydrogen-bond donors (Lipinski definition) is 1. The van der Waals surface area contributed by atoms with Crippen molar-refractivity contribution in [1.82, 2.24) is 4.90 Å². The average molecular weight is 251 g/mol. The van der Waals surface area contributed by atoms with Crippen molar-refractivity contribution in [2.24, 2.45) is 17.8 Å². The molecule has 0 aromatic rings. The maximum absolute atomic E-state index is 11.3. The van der Waals surface area contributed by atoms with Crippen molar-refractivity contribution in [1.29, 1.82) is 0 Å². The molecule has 2 heterocycles. The summed E-state index contributed by atoms with van der Waals surface area (Å²) in [4.78, 5) is 14.0. The Morgan fingerprint density at radius 2 is 1.83 bits per heavy atom. The van der Waals surface area contributed by atoms with Crippen LogP contribution in [-0.2, 0) is 4.79 Å². The molecule has 0 aromatic carbocycles. The van der Waals surface area contributed by atoms with Crippen LogP contribution in [0.4, 0.5) is 0 Å². The predicted octanol–water partition coefficient (Wildman–Crippen LogP) is 2.75. The molecule has 2 saturated heterocycles. The molecule has 0 radical (unpaired) electrons. The van der Waals surface area contributed by atoms with Gasteiger partial charge in [-0.2, -0.15) is 0 Å². The minimum absolute atomic E-state index is 0.0896. The van der Waals surface area contributed by atoms with Gasteiger partial charge >= 0.3 is 5.97 Å². The summed E-state index contributed by atoms with van der Waals surface area (Å²) in [7, 11) is 0. The van der Waals surface area contributed by atoms with Gasteiger partial charge in [0.1, 0.15) is 0 Å². The standard InChI is InChI=1S/C15H25NO2/c1-9-3-4-10(2)14(7-9)16-11-5-6-13(16)12(8-11)15(17)18/h9-14H,3-8H2,1-2H3,(H,17,18). The molecule has 3 nitrogen and oxygen atoms in total. The second kappa shape index (κ2) is 4.52. The number of fused-ring (bicyclic) bond motifs is 2. The van der Waals surface area contributed by atoms with Gasteiger partial charge in [-0.1, -0.05) is 20.3 Å². The molecule has 3 aliphatic rings. The van der Waals surface area contributed by atoms with E-state index in [9.17, 15) is 9.90 Å². The molecule has 0 amide bonds. The molecule has 2 aliphatic heterocycles. The Kier molecular flexibility index (Phi) is 3.13. The summed E-state index contributed by atoms with van der Waals surface area (Å²) in [5, 5.41) is 9.34. The van der Waals surface area contributed by atoms with Crippen LogP contribution >= 0.6 is 0 Å². The first kappa shape index (κ1) is 12.5. The zero-order valence-electron chi connectivity index (χ0n) is 11.5. The lowest BCUT2D eigenvalue weighted by molar-refractivity contribution is -0.142. The van der Waals surface area contributed by atoms with Gasteiger partial charge in [0, 0.05) is 18.1 Å². The summed E-state index contributed by atoms with van der Waals surface area (Å²) in [6.45, 7) is 4.72. The average Bonchev–Trinajstić information content (AvgIpc) is 2.89. The summed E-state index contributed by atoms with van der Waals surface area (Å²) in [6, 6.07) is 1.55. The van der Waals surface area contributed by atoms with E-state index in [1.807, 2.05) is 0 Å². The van der Waals surface area contributed by atoms with Crippen molar-refractivity contribution in [3.8, 4) is 0 Å². The Balaban J connectivity index is 1.78. The predicted molar refractivity (Wildman–Crippen MR) is 70.4 cm³/mol. The van der Waals surface area contributed by atoms with Gasteiger partial charge < -0.3 is 5.11 Å².